The fourth-order valence-corrected chi connectivity index (χ4v) is 4.65. The van der Waals surface area contributed by atoms with Gasteiger partial charge in [-0.1, -0.05) is 0 Å². The van der Waals surface area contributed by atoms with Crippen molar-refractivity contribution in [2.75, 3.05) is 6.67 Å². The number of rotatable bonds is 9. The molecule has 1 aliphatic carbocycles. The minimum Gasteiger partial charge on any atom is -0.435 e. The van der Waals surface area contributed by atoms with Crippen molar-refractivity contribution in [2.45, 2.75) is 43.9 Å². The van der Waals surface area contributed by atoms with Gasteiger partial charge >= 0.3 is 6.61 Å². The molecule has 0 bridgehead atoms. The first-order valence-electron chi connectivity index (χ1n) is 10.2. The summed E-state index contributed by atoms with van der Waals surface area (Å²) in [6, 6.07) is 5.54. The van der Waals surface area contributed by atoms with Gasteiger partial charge in [0, 0.05) is 24.0 Å². The lowest BCUT2D eigenvalue weighted by molar-refractivity contribution is -0.0497. The first-order valence-corrected chi connectivity index (χ1v) is 11.6. The molecule has 0 aliphatic heterocycles. The Kier molecular flexibility index (Phi) is 6.27. The van der Waals surface area contributed by atoms with Crippen LogP contribution in [0.3, 0.4) is 0 Å². The van der Waals surface area contributed by atoms with Crippen LogP contribution in [0.4, 0.5) is 13.2 Å². The van der Waals surface area contributed by atoms with E-state index >= 15 is 0 Å². The van der Waals surface area contributed by atoms with Gasteiger partial charge in [-0.15, -0.1) is 0 Å². The van der Waals surface area contributed by atoms with E-state index in [1.807, 2.05) is 0 Å². The molecule has 3 aromatic rings. The third-order valence-corrected chi connectivity index (χ3v) is 6.79. The van der Waals surface area contributed by atoms with E-state index in [9.17, 15) is 26.9 Å². The predicted octanol–water partition coefficient (Wildman–Crippen LogP) is 3.62. The second kappa shape index (κ2) is 8.99. The van der Waals surface area contributed by atoms with Gasteiger partial charge in [0.2, 0.25) is 10.0 Å². The van der Waals surface area contributed by atoms with E-state index in [1.54, 1.807) is 4.57 Å². The minimum absolute atomic E-state index is 0.0431. The third-order valence-electron chi connectivity index (χ3n) is 5.25. The summed E-state index contributed by atoms with van der Waals surface area (Å²) in [7, 11) is -4.02. The van der Waals surface area contributed by atoms with Crippen molar-refractivity contribution < 1.29 is 26.3 Å². The number of nitrogens with one attached hydrogen (secondary N) is 1. The molecule has 0 spiro atoms. The van der Waals surface area contributed by atoms with Gasteiger partial charge in [-0.05, 0) is 37.8 Å². The van der Waals surface area contributed by atoms with Gasteiger partial charge in [0.15, 0.2) is 5.82 Å². The molecule has 0 saturated heterocycles. The fourth-order valence-electron chi connectivity index (χ4n) is 3.54. The van der Waals surface area contributed by atoms with Crippen LogP contribution in [0.25, 0.3) is 22.4 Å². The third kappa shape index (κ3) is 4.79. The Morgan fingerprint density at radius 2 is 2.00 bits per heavy atom. The maximum Gasteiger partial charge on any atom is 0.387 e. The Balaban J connectivity index is 1.81. The number of ether oxygens (including phenoxy) is 1. The molecule has 1 atom stereocenters. The number of alkyl halides is 3. The summed E-state index contributed by atoms with van der Waals surface area (Å²) in [4.78, 5) is 8.08. The molecule has 2 aromatic heterocycles. The minimum atomic E-state index is -4.02. The van der Waals surface area contributed by atoms with E-state index in [1.165, 1.54) is 25.1 Å². The molecule has 12 heteroatoms. The monoisotopic (exact) mass is 479 g/mol. The number of benzene rings is 1. The van der Waals surface area contributed by atoms with Crippen LogP contribution < -0.4 is 9.46 Å². The molecular formula is C21H20F3N5O3S. The van der Waals surface area contributed by atoms with E-state index < -0.39 is 29.4 Å². The summed E-state index contributed by atoms with van der Waals surface area (Å²) in [5.41, 5.74) is 1.13. The van der Waals surface area contributed by atoms with Crippen LogP contribution in [-0.4, -0.2) is 42.3 Å². The van der Waals surface area contributed by atoms with Gasteiger partial charge in [-0.2, -0.15) is 14.0 Å². The zero-order chi connectivity index (χ0) is 23.8. The van der Waals surface area contributed by atoms with Crippen LogP contribution in [0, 0.1) is 17.2 Å². The molecule has 8 nitrogen and oxygen atoms in total. The summed E-state index contributed by atoms with van der Waals surface area (Å²) in [5.74, 6) is 0.423. The molecule has 1 saturated carbocycles. The largest absolute Gasteiger partial charge is 0.435 e. The highest BCUT2D eigenvalue weighted by atomic mass is 32.2. The zero-order valence-electron chi connectivity index (χ0n) is 17.5. The van der Waals surface area contributed by atoms with Gasteiger partial charge < -0.3 is 9.30 Å². The average Bonchev–Trinajstić information content (AvgIpc) is 3.54. The standard InChI is InChI=1S/C21H20F3N5O3S/c1-12(7-22)28-33(30,31)15-9-26-20(27-10-15)19-17(8-25)16-5-4-14(32-21(23)24)6-18(16)29(19)11-13-2-3-13/h4-6,9-10,12-13,21,28H,2-3,7,11H2,1H3/t12-/m0/s1. The smallest absolute Gasteiger partial charge is 0.387 e. The summed E-state index contributed by atoms with van der Waals surface area (Å²) >= 11 is 0. The second-order valence-electron chi connectivity index (χ2n) is 7.87. The second-order valence-corrected chi connectivity index (χ2v) is 9.58. The number of hydrogen-bond acceptors (Lipinski definition) is 6. The van der Waals surface area contributed by atoms with E-state index in [0.717, 1.165) is 25.2 Å². The van der Waals surface area contributed by atoms with Crippen LogP contribution in [0.15, 0.2) is 35.5 Å². The summed E-state index contributed by atoms with van der Waals surface area (Å²) in [6.45, 7) is -1.96. The molecule has 1 aromatic carbocycles. The van der Waals surface area contributed by atoms with Crippen molar-refractivity contribution in [1.82, 2.24) is 19.3 Å². The lowest BCUT2D eigenvalue weighted by atomic mass is 10.1. The molecule has 0 unspecified atom stereocenters. The Hall–Kier alpha value is -3.17. The number of nitriles is 1. The van der Waals surface area contributed by atoms with Gasteiger partial charge in [-0.25, -0.2) is 27.5 Å². The number of hydrogen-bond donors (Lipinski definition) is 1. The lowest BCUT2D eigenvalue weighted by Gasteiger charge is -2.12. The van der Waals surface area contributed by atoms with Crippen LogP contribution in [-0.2, 0) is 16.6 Å². The van der Waals surface area contributed by atoms with E-state index in [0.29, 0.717) is 29.1 Å². The molecule has 1 aliphatic rings. The highest BCUT2D eigenvalue weighted by Gasteiger charge is 2.28. The Labute approximate surface area is 188 Å². The Morgan fingerprint density at radius 1 is 1.30 bits per heavy atom. The molecule has 33 heavy (non-hydrogen) atoms. The van der Waals surface area contributed by atoms with Gasteiger partial charge in [0.25, 0.3) is 0 Å². The normalized spacial score (nSPS) is 15.0. The van der Waals surface area contributed by atoms with Crippen molar-refractivity contribution in [1.29, 1.82) is 5.26 Å². The van der Waals surface area contributed by atoms with Crippen LogP contribution >= 0.6 is 0 Å². The maximum absolute atomic E-state index is 12.7. The van der Waals surface area contributed by atoms with Crippen LogP contribution in [0.2, 0.25) is 0 Å². The quantitative estimate of drug-likeness (QED) is 0.502. The first-order chi connectivity index (χ1) is 15.7. The maximum atomic E-state index is 12.7. The number of aromatic nitrogens is 3. The van der Waals surface area contributed by atoms with E-state index in [-0.39, 0.29) is 22.0 Å². The summed E-state index contributed by atoms with van der Waals surface area (Å²) in [5, 5.41) is 10.4. The fraction of sp³-hybridized carbons (Fsp3) is 0.381. The Bertz CT molecular complexity index is 1320. The summed E-state index contributed by atoms with van der Waals surface area (Å²) in [6.07, 6.45) is 4.15. The van der Waals surface area contributed by atoms with Crippen molar-refractivity contribution in [3.8, 4) is 23.3 Å². The molecule has 2 heterocycles. The summed E-state index contributed by atoms with van der Waals surface area (Å²) < 4.78 is 71.4. The molecule has 1 fully saturated rings. The average molecular weight is 479 g/mol. The molecule has 0 radical (unpaired) electrons. The van der Waals surface area contributed by atoms with Crippen molar-refractivity contribution >= 4 is 20.9 Å². The number of halogens is 3. The van der Waals surface area contributed by atoms with E-state index in [4.69, 9.17) is 0 Å². The molecule has 1 N–H and O–H groups in total. The predicted molar refractivity (Wildman–Crippen MR) is 113 cm³/mol. The number of fused-ring (bicyclic) bond motifs is 1. The topological polar surface area (TPSA) is 110 Å². The Morgan fingerprint density at radius 3 is 2.58 bits per heavy atom. The molecule has 174 valence electrons. The van der Waals surface area contributed by atoms with Crippen LogP contribution in [0.5, 0.6) is 5.75 Å². The van der Waals surface area contributed by atoms with Gasteiger partial charge in [0.05, 0.1) is 23.5 Å². The number of nitrogens with zero attached hydrogens (tertiary/aromatic N) is 4. The van der Waals surface area contributed by atoms with Gasteiger partial charge in [-0.3, -0.25) is 0 Å². The number of sulfonamides is 1. The SMILES string of the molecule is C[C@@H](CF)NS(=O)(=O)c1cnc(-c2c(C#N)c3ccc(OC(F)F)cc3n2CC2CC2)nc1. The lowest BCUT2D eigenvalue weighted by Crippen LogP contribution is -2.34. The van der Waals surface area contributed by atoms with E-state index in [2.05, 4.69) is 25.5 Å². The van der Waals surface area contributed by atoms with Gasteiger partial charge in [0.1, 0.15) is 29.1 Å². The van der Waals surface area contributed by atoms with Crippen molar-refractivity contribution in [2.24, 2.45) is 5.92 Å². The molecular weight excluding hydrogens is 459 g/mol. The highest BCUT2D eigenvalue weighted by Crippen LogP contribution is 2.38. The zero-order valence-corrected chi connectivity index (χ0v) is 18.3. The molecule has 0 amide bonds. The van der Waals surface area contributed by atoms with Crippen molar-refractivity contribution in [3.05, 3.63) is 36.2 Å². The van der Waals surface area contributed by atoms with Crippen LogP contribution in [0.1, 0.15) is 25.3 Å². The molecule has 4 rings (SSSR count). The highest BCUT2D eigenvalue weighted by molar-refractivity contribution is 7.89. The first kappa shape index (κ1) is 23.0. The van der Waals surface area contributed by atoms with Crippen molar-refractivity contribution in [3.63, 3.8) is 0 Å².